The Labute approximate surface area is 154 Å². The number of aromatic nitrogens is 3. The van der Waals surface area contributed by atoms with Gasteiger partial charge in [-0.15, -0.1) is 5.10 Å². The fourth-order valence-corrected chi connectivity index (χ4v) is 2.46. The number of ether oxygens (including phenoxy) is 1. The second kappa shape index (κ2) is 7.56. The van der Waals surface area contributed by atoms with Crippen molar-refractivity contribution in [1.29, 1.82) is 0 Å². The van der Waals surface area contributed by atoms with Crippen molar-refractivity contribution in [2.45, 2.75) is 6.54 Å². The molecule has 2 aromatic carbocycles. The molecule has 0 aliphatic rings. The summed E-state index contributed by atoms with van der Waals surface area (Å²) in [5.74, 6) is 1.12. The number of carbonyl (C=O) groups is 2. The highest BCUT2D eigenvalue weighted by Gasteiger charge is 2.14. The van der Waals surface area contributed by atoms with Crippen LogP contribution < -0.4 is 21.5 Å². The molecule has 138 valence electrons. The van der Waals surface area contributed by atoms with Crippen molar-refractivity contribution >= 4 is 11.9 Å². The van der Waals surface area contributed by atoms with Crippen LogP contribution in [0.2, 0.25) is 0 Å². The van der Waals surface area contributed by atoms with E-state index in [2.05, 4.69) is 15.4 Å². The Bertz CT molecular complexity index is 964. The van der Waals surface area contributed by atoms with Gasteiger partial charge in [0.05, 0.1) is 19.3 Å². The molecule has 0 aliphatic carbocycles. The molecule has 0 bridgehead atoms. The maximum atomic E-state index is 11.2. The molecule has 27 heavy (non-hydrogen) atoms. The van der Waals surface area contributed by atoms with Gasteiger partial charge >= 0.3 is 6.03 Å². The van der Waals surface area contributed by atoms with Crippen molar-refractivity contribution in [1.82, 2.24) is 20.1 Å². The molecular formula is C18H18N6O3. The molecule has 1 heterocycles. The summed E-state index contributed by atoms with van der Waals surface area (Å²) < 4.78 is 6.77. The number of nitrogens with zero attached hydrogens (tertiary/aromatic N) is 3. The summed E-state index contributed by atoms with van der Waals surface area (Å²) in [6.45, 7) is 0.105. The molecule has 0 spiro atoms. The zero-order chi connectivity index (χ0) is 19.4. The molecule has 0 saturated carbocycles. The van der Waals surface area contributed by atoms with Crippen molar-refractivity contribution in [3.63, 3.8) is 0 Å². The van der Waals surface area contributed by atoms with E-state index < -0.39 is 11.9 Å². The largest absolute Gasteiger partial charge is 0.497 e. The van der Waals surface area contributed by atoms with Crippen molar-refractivity contribution in [3.05, 3.63) is 59.9 Å². The number of carbonyl (C=O) groups excluding carboxylic acids is 2. The minimum absolute atomic E-state index is 0.105. The van der Waals surface area contributed by atoms with Gasteiger partial charge in [0.15, 0.2) is 11.6 Å². The van der Waals surface area contributed by atoms with Crippen molar-refractivity contribution in [3.8, 4) is 22.8 Å². The fraction of sp³-hybridized carbons (Fsp3) is 0.111. The summed E-state index contributed by atoms with van der Waals surface area (Å²) >= 11 is 0. The molecule has 0 atom stereocenters. The number of urea groups is 1. The van der Waals surface area contributed by atoms with Crippen LogP contribution in [-0.4, -0.2) is 33.8 Å². The monoisotopic (exact) mass is 366 g/mol. The lowest BCUT2D eigenvalue weighted by Gasteiger charge is -2.07. The Morgan fingerprint density at radius 2 is 1.74 bits per heavy atom. The molecule has 0 aliphatic heterocycles. The standard InChI is InChI=1S/C18H18N6O3/c1-27-14-8-6-13(7-9-14)24-15(10-21-18(20)26)22-17(23-24)12-4-2-11(3-5-12)16(19)25/h2-9H,10H2,1H3,(H2,19,25)(H3,20,21,26). The summed E-state index contributed by atoms with van der Waals surface area (Å²) in [5.41, 5.74) is 12.3. The van der Waals surface area contributed by atoms with Crippen molar-refractivity contribution < 1.29 is 14.3 Å². The van der Waals surface area contributed by atoms with Crippen LogP contribution in [0.15, 0.2) is 48.5 Å². The predicted molar refractivity (Wildman–Crippen MR) is 98.3 cm³/mol. The first-order valence-corrected chi connectivity index (χ1v) is 8.02. The summed E-state index contributed by atoms with van der Waals surface area (Å²) in [7, 11) is 1.58. The number of primary amides is 2. The Hall–Kier alpha value is -3.88. The van der Waals surface area contributed by atoms with Crippen LogP contribution in [0.25, 0.3) is 17.1 Å². The number of hydrogen-bond donors (Lipinski definition) is 3. The minimum Gasteiger partial charge on any atom is -0.497 e. The van der Waals surface area contributed by atoms with Crippen LogP contribution >= 0.6 is 0 Å². The molecular weight excluding hydrogens is 348 g/mol. The molecule has 3 rings (SSSR count). The van der Waals surface area contributed by atoms with Crippen LogP contribution in [0.1, 0.15) is 16.2 Å². The van der Waals surface area contributed by atoms with E-state index in [0.29, 0.717) is 28.5 Å². The third kappa shape index (κ3) is 4.03. The van der Waals surface area contributed by atoms with Gasteiger partial charge in [0, 0.05) is 11.1 Å². The van der Waals surface area contributed by atoms with Crippen LogP contribution in [0.4, 0.5) is 4.79 Å². The van der Waals surface area contributed by atoms with Crippen molar-refractivity contribution in [2.75, 3.05) is 7.11 Å². The summed E-state index contributed by atoms with van der Waals surface area (Å²) in [6, 6.07) is 13.2. The topological polar surface area (TPSA) is 138 Å². The molecule has 0 saturated heterocycles. The number of rotatable bonds is 6. The van der Waals surface area contributed by atoms with Gasteiger partial charge in [-0.25, -0.2) is 14.5 Å². The molecule has 0 unspecified atom stereocenters. The zero-order valence-electron chi connectivity index (χ0n) is 14.5. The molecule has 5 N–H and O–H groups in total. The predicted octanol–water partition coefficient (Wildman–Crippen LogP) is 1.21. The smallest absolute Gasteiger partial charge is 0.312 e. The van der Waals surface area contributed by atoms with Crippen LogP contribution in [-0.2, 0) is 6.54 Å². The molecule has 0 radical (unpaired) electrons. The minimum atomic E-state index is -0.661. The lowest BCUT2D eigenvalue weighted by atomic mass is 10.1. The summed E-state index contributed by atoms with van der Waals surface area (Å²) in [6.07, 6.45) is 0. The van der Waals surface area contributed by atoms with Gasteiger partial charge in [-0.05, 0) is 36.4 Å². The van der Waals surface area contributed by atoms with E-state index >= 15 is 0 Å². The van der Waals surface area contributed by atoms with Gasteiger partial charge in [0.1, 0.15) is 5.75 Å². The maximum Gasteiger partial charge on any atom is 0.312 e. The van der Waals surface area contributed by atoms with Crippen LogP contribution in [0.5, 0.6) is 5.75 Å². The Morgan fingerprint density at radius 1 is 1.07 bits per heavy atom. The van der Waals surface area contributed by atoms with Gasteiger partial charge in [-0.2, -0.15) is 0 Å². The average molecular weight is 366 g/mol. The lowest BCUT2D eigenvalue weighted by Crippen LogP contribution is -2.29. The lowest BCUT2D eigenvalue weighted by molar-refractivity contribution is 0.100. The molecule has 1 aromatic heterocycles. The van der Waals surface area contributed by atoms with E-state index in [0.717, 1.165) is 5.69 Å². The maximum absolute atomic E-state index is 11.2. The van der Waals surface area contributed by atoms with Gasteiger partial charge in [0.2, 0.25) is 5.91 Å². The fourth-order valence-electron chi connectivity index (χ4n) is 2.46. The first kappa shape index (κ1) is 17.9. The number of hydrogen-bond acceptors (Lipinski definition) is 5. The van der Waals surface area contributed by atoms with Gasteiger partial charge < -0.3 is 21.5 Å². The Morgan fingerprint density at radius 3 is 2.30 bits per heavy atom. The zero-order valence-corrected chi connectivity index (χ0v) is 14.5. The van der Waals surface area contributed by atoms with Gasteiger partial charge in [-0.1, -0.05) is 12.1 Å². The van der Waals surface area contributed by atoms with E-state index in [1.807, 2.05) is 12.1 Å². The number of nitrogens with one attached hydrogen (secondary N) is 1. The summed E-state index contributed by atoms with van der Waals surface area (Å²) in [4.78, 5) is 26.8. The highest BCUT2D eigenvalue weighted by molar-refractivity contribution is 5.93. The van der Waals surface area contributed by atoms with E-state index in [4.69, 9.17) is 16.2 Å². The molecule has 3 aromatic rings. The highest BCUT2D eigenvalue weighted by Crippen LogP contribution is 2.21. The van der Waals surface area contributed by atoms with E-state index in [1.54, 1.807) is 48.2 Å². The Kier molecular flexibility index (Phi) is 5.02. The highest BCUT2D eigenvalue weighted by atomic mass is 16.5. The molecule has 9 heteroatoms. The number of methoxy groups -OCH3 is 1. The average Bonchev–Trinajstić information content (AvgIpc) is 3.10. The normalized spacial score (nSPS) is 10.4. The van der Waals surface area contributed by atoms with E-state index in [-0.39, 0.29) is 6.54 Å². The second-order valence-corrected chi connectivity index (χ2v) is 5.62. The first-order chi connectivity index (χ1) is 13.0. The number of nitrogens with two attached hydrogens (primary N) is 2. The molecule has 3 amide bonds. The summed E-state index contributed by atoms with van der Waals surface area (Å²) in [5, 5.41) is 7.03. The third-order valence-corrected chi connectivity index (χ3v) is 3.84. The Balaban J connectivity index is 1.99. The quantitative estimate of drug-likeness (QED) is 0.602. The van der Waals surface area contributed by atoms with Crippen molar-refractivity contribution in [2.24, 2.45) is 11.5 Å². The SMILES string of the molecule is COc1ccc(-n2nc(-c3ccc(C(N)=O)cc3)nc2CNC(N)=O)cc1. The van der Waals surface area contributed by atoms with Gasteiger partial charge in [0.25, 0.3) is 0 Å². The molecule has 0 fully saturated rings. The van der Waals surface area contributed by atoms with E-state index in [1.165, 1.54) is 0 Å². The third-order valence-electron chi connectivity index (χ3n) is 3.84. The number of benzene rings is 2. The van der Waals surface area contributed by atoms with Crippen LogP contribution in [0.3, 0.4) is 0 Å². The first-order valence-electron chi connectivity index (χ1n) is 8.02. The van der Waals surface area contributed by atoms with Gasteiger partial charge in [-0.3, -0.25) is 4.79 Å². The molecule has 9 nitrogen and oxygen atoms in total. The number of amides is 3. The van der Waals surface area contributed by atoms with Crippen LogP contribution in [0, 0.1) is 0 Å². The second-order valence-electron chi connectivity index (χ2n) is 5.62. The van der Waals surface area contributed by atoms with E-state index in [9.17, 15) is 9.59 Å².